The second-order valence-corrected chi connectivity index (χ2v) is 8.78. The summed E-state index contributed by atoms with van der Waals surface area (Å²) in [6.07, 6.45) is 12.6. The Labute approximate surface area is 217 Å². The Morgan fingerprint density at radius 3 is 2.65 bits per heavy atom. The Kier molecular flexibility index (Phi) is 10.3. The lowest BCUT2D eigenvalue weighted by molar-refractivity contribution is 0.576. The number of halogens is 1. The van der Waals surface area contributed by atoms with E-state index in [0.29, 0.717) is 23.9 Å². The molecule has 0 aliphatic rings. The van der Waals surface area contributed by atoms with E-state index in [1.807, 2.05) is 43.5 Å². The third kappa shape index (κ3) is 7.67. The largest absolute Gasteiger partial charge is 0.380 e. The highest BCUT2D eigenvalue weighted by atomic mass is 19.1. The van der Waals surface area contributed by atoms with Crippen LogP contribution < -0.4 is 10.6 Å². The van der Waals surface area contributed by atoms with E-state index in [-0.39, 0.29) is 5.69 Å². The number of hydrogen-bond donors (Lipinski definition) is 2. The minimum atomic E-state index is -0.472. The Balaban J connectivity index is 0.000000568. The minimum absolute atomic E-state index is 0.273. The van der Waals surface area contributed by atoms with Crippen LogP contribution in [0.15, 0.2) is 71.9 Å². The SMILES string of the molecule is C/C=C(\C=NC)NCc1ccn2nc(-c3ccccn3)nc(Nc3ccncc3F)c12.CCCC(C)C. The highest BCUT2D eigenvalue weighted by molar-refractivity contribution is 5.79. The Hall–Kier alpha value is -4.14. The molecule has 0 aliphatic carbocycles. The van der Waals surface area contributed by atoms with Crippen molar-refractivity contribution in [2.45, 2.75) is 47.1 Å². The van der Waals surface area contributed by atoms with Gasteiger partial charge in [0.1, 0.15) is 11.2 Å². The van der Waals surface area contributed by atoms with Crippen molar-refractivity contribution in [2.75, 3.05) is 12.4 Å². The lowest BCUT2D eigenvalue weighted by atomic mass is 10.1. The molecule has 0 fully saturated rings. The Morgan fingerprint density at radius 1 is 1.19 bits per heavy atom. The maximum absolute atomic E-state index is 14.3. The van der Waals surface area contributed by atoms with E-state index >= 15 is 0 Å². The van der Waals surface area contributed by atoms with Crippen molar-refractivity contribution in [3.63, 3.8) is 0 Å². The molecule has 9 heteroatoms. The van der Waals surface area contributed by atoms with E-state index in [9.17, 15) is 4.39 Å². The van der Waals surface area contributed by atoms with Gasteiger partial charge in [-0.15, -0.1) is 5.10 Å². The molecule has 2 N–H and O–H groups in total. The number of allylic oxidation sites excluding steroid dienone is 2. The van der Waals surface area contributed by atoms with Gasteiger partial charge in [0.15, 0.2) is 11.6 Å². The molecule has 8 nitrogen and oxygen atoms in total. The number of rotatable bonds is 9. The highest BCUT2D eigenvalue weighted by Crippen LogP contribution is 2.27. The first-order valence-corrected chi connectivity index (χ1v) is 12.4. The lowest BCUT2D eigenvalue weighted by Crippen LogP contribution is -2.14. The van der Waals surface area contributed by atoms with Gasteiger partial charge in [0, 0.05) is 49.7 Å². The highest BCUT2D eigenvalue weighted by Gasteiger charge is 2.16. The molecule has 4 heterocycles. The fourth-order valence-electron chi connectivity index (χ4n) is 3.66. The first-order chi connectivity index (χ1) is 18.0. The van der Waals surface area contributed by atoms with Crippen LogP contribution in [0.25, 0.3) is 17.0 Å². The van der Waals surface area contributed by atoms with E-state index in [1.165, 1.54) is 19.0 Å². The van der Waals surface area contributed by atoms with Gasteiger partial charge in [-0.2, -0.15) is 0 Å². The quantitative estimate of drug-likeness (QED) is 0.265. The van der Waals surface area contributed by atoms with Gasteiger partial charge < -0.3 is 10.6 Å². The average molecular weight is 503 g/mol. The fourth-order valence-corrected chi connectivity index (χ4v) is 3.66. The fraction of sp³-hybridized carbons (Fsp3) is 0.321. The molecular formula is C28H35FN8. The number of fused-ring (bicyclic) bond motifs is 1. The molecule has 4 rings (SSSR count). The summed E-state index contributed by atoms with van der Waals surface area (Å²) in [7, 11) is 1.72. The van der Waals surface area contributed by atoms with Gasteiger partial charge in [-0.3, -0.25) is 15.0 Å². The van der Waals surface area contributed by atoms with Crippen LogP contribution in [-0.4, -0.2) is 37.8 Å². The lowest BCUT2D eigenvalue weighted by Gasteiger charge is -2.12. The second kappa shape index (κ2) is 13.8. The molecule has 0 aliphatic heterocycles. The van der Waals surface area contributed by atoms with Crippen LogP contribution in [0.4, 0.5) is 15.9 Å². The molecule has 0 bridgehead atoms. The van der Waals surface area contributed by atoms with E-state index in [1.54, 1.807) is 30.0 Å². The zero-order valence-corrected chi connectivity index (χ0v) is 22.1. The normalized spacial score (nSPS) is 11.6. The summed E-state index contributed by atoms with van der Waals surface area (Å²) >= 11 is 0. The molecule has 0 radical (unpaired) electrons. The number of nitrogens with one attached hydrogen (secondary N) is 2. The van der Waals surface area contributed by atoms with Gasteiger partial charge in [0.05, 0.1) is 11.9 Å². The van der Waals surface area contributed by atoms with Crippen LogP contribution in [-0.2, 0) is 6.54 Å². The van der Waals surface area contributed by atoms with Gasteiger partial charge in [0.2, 0.25) is 5.82 Å². The van der Waals surface area contributed by atoms with Crippen molar-refractivity contribution in [1.82, 2.24) is 29.9 Å². The van der Waals surface area contributed by atoms with Crippen LogP contribution in [0.3, 0.4) is 0 Å². The molecule has 4 aromatic rings. The topological polar surface area (TPSA) is 92.4 Å². The number of nitrogens with zero attached hydrogens (tertiary/aromatic N) is 6. The molecule has 0 saturated heterocycles. The Morgan fingerprint density at radius 2 is 2.03 bits per heavy atom. The zero-order valence-electron chi connectivity index (χ0n) is 22.1. The zero-order chi connectivity index (χ0) is 26.6. The second-order valence-electron chi connectivity index (χ2n) is 8.78. The van der Waals surface area contributed by atoms with Crippen LogP contribution in [0.1, 0.15) is 46.1 Å². The molecule has 0 unspecified atom stereocenters. The van der Waals surface area contributed by atoms with Crippen molar-refractivity contribution >= 4 is 23.2 Å². The van der Waals surface area contributed by atoms with E-state index in [0.717, 1.165) is 28.9 Å². The molecule has 0 aromatic carbocycles. The molecule has 0 spiro atoms. The molecule has 37 heavy (non-hydrogen) atoms. The molecule has 4 aromatic heterocycles. The number of pyridine rings is 2. The summed E-state index contributed by atoms with van der Waals surface area (Å²) in [5.74, 6) is 1.32. The molecule has 194 valence electrons. The maximum atomic E-state index is 14.3. The van der Waals surface area contributed by atoms with E-state index in [2.05, 4.69) is 56.4 Å². The summed E-state index contributed by atoms with van der Waals surface area (Å²) < 4.78 is 16.0. The summed E-state index contributed by atoms with van der Waals surface area (Å²) in [6, 6.07) is 9.02. The van der Waals surface area contributed by atoms with Gasteiger partial charge in [-0.05, 0) is 37.1 Å². The summed E-state index contributed by atoms with van der Waals surface area (Å²) in [5.41, 5.74) is 3.45. The minimum Gasteiger partial charge on any atom is -0.380 e. The third-order valence-corrected chi connectivity index (χ3v) is 5.44. The Bertz CT molecular complexity index is 1330. The van der Waals surface area contributed by atoms with Gasteiger partial charge in [-0.25, -0.2) is 13.9 Å². The van der Waals surface area contributed by atoms with Crippen molar-refractivity contribution in [1.29, 1.82) is 0 Å². The van der Waals surface area contributed by atoms with Crippen molar-refractivity contribution in [2.24, 2.45) is 10.9 Å². The average Bonchev–Trinajstić information content (AvgIpc) is 3.32. The van der Waals surface area contributed by atoms with Crippen molar-refractivity contribution in [3.8, 4) is 11.5 Å². The van der Waals surface area contributed by atoms with Gasteiger partial charge in [0.25, 0.3) is 0 Å². The first-order valence-electron chi connectivity index (χ1n) is 12.4. The van der Waals surface area contributed by atoms with E-state index in [4.69, 9.17) is 0 Å². The summed E-state index contributed by atoms with van der Waals surface area (Å²) in [6.45, 7) is 9.18. The van der Waals surface area contributed by atoms with E-state index < -0.39 is 5.82 Å². The number of aliphatic imine (C=N–C) groups is 1. The monoisotopic (exact) mass is 502 g/mol. The third-order valence-electron chi connectivity index (χ3n) is 5.44. The van der Waals surface area contributed by atoms with Crippen LogP contribution in [0.2, 0.25) is 0 Å². The predicted octanol–water partition coefficient (Wildman–Crippen LogP) is 6.21. The number of aromatic nitrogens is 5. The maximum Gasteiger partial charge on any atom is 0.200 e. The smallest absolute Gasteiger partial charge is 0.200 e. The molecule has 0 atom stereocenters. The number of anilines is 2. The summed E-state index contributed by atoms with van der Waals surface area (Å²) in [4.78, 5) is 16.8. The van der Waals surface area contributed by atoms with Crippen LogP contribution >= 0.6 is 0 Å². The number of hydrogen-bond acceptors (Lipinski definition) is 7. The summed E-state index contributed by atoms with van der Waals surface area (Å²) in [5, 5.41) is 11.0. The standard InChI is InChI=1S/C22H21FN8.C6H14/c1-3-16(13-24-2)27-12-15-8-11-31-20(15)22(28-18-7-10-25-14-17(18)23)29-21(30-31)19-6-4-5-9-26-19;1-4-5-6(2)3/h3-11,13-14,27H,12H2,1-2H3,(H,25,28,29,30);6H,4-5H2,1-3H3/b16-3+,24-13?;. The molecule has 0 amide bonds. The predicted molar refractivity (Wildman–Crippen MR) is 148 cm³/mol. The van der Waals surface area contributed by atoms with Crippen molar-refractivity contribution < 1.29 is 4.39 Å². The van der Waals surface area contributed by atoms with Crippen LogP contribution in [0, 0.1) is 11.7 Å². The van der Waals surface area contributed by atoms with Crippen LogP contribution in [0.5, 0.6) is 0 Å². The molecule has 0 saturated carbocycles. The molecular weight excluding hydrogens is 467 g/mol. The van der Waals surface area contributed by atoms with Gasteiger partial charge >= 0.3 is 0 Å². The van der Waals surface area contributed by atoms with Crippen molar-refractivity contribution in [3.05, 3.63) is 78.3 Å². The van der Waals surface area contributed by atoms with Gasteiger partial charge in [-0.1, -0.05) is 45.8 Å². The first kappa shape index (κ1) is 27.4.